The molecule has 0 aliphatic heterocycles. The molecule has 106 valence electrons. The first kappa shape index (κ1) is 13.1. The second-order valence-electron chi connectivity index (χ2n) is 4.55. The lowest BCUT2D eigenvalue weighted by Crippen LogP contribution is -2.26. The Kier molecular flexibility index (Phi) is 3.51. The lowest BCUT2D eigenvalue weighted by atomic mass is 10.3. The minimum atomic E-state index is -0.478. The fraction of sp³-hybridized carbons (Fsp3) is 0.133. The summed E-state index contributed by atoms with van der Waals surface area (Å²) in [6, 6.07) is 10.4. The molecule has 0 aliphatic rings. The Labute approximate surface area is 119 Å². The molecule has 0 spiro atoms. The summed E-state index contributed by atoms with van der Waals surface area (Å²) in [7, 11) is 0. The number of fused-ring (bicyclic) bond motifs is 1. The number of nitrogens with one attached hydrogen (secondary N) is 2. The zero-order chi connectivity index (χ0) is 14.7. The van der Waals surface area contributed by atoms with E-state index in [4.69, 9.17) is 0 Å². The van der Waals surface area contributed by atoms with Gasteiger partial charge in [-0.2, -0.15) is 0 Å². The maximum absolute atomic E-state index is 11.8. The monoisotopic (exact) mass is 283 g/mol. The molecule has 0 saturated heterocycles. The van der Waals surface area contributed by atoms with Crippen molar-refractivity contribution in [1.29, 1.82) is 0 Å². The molecule has 3 aromatic rings. The van der Waals surface area contributed by atoms with Crippen LogP contribution < -0.4 is 10.9 Å². The summed E-state index contributed by atoms with van der Waals surface area (Å²) in [5, 5.41) is 2.75. The predicted octanol–water partition coefficient (Wildman–Crippen LogP) is 1.49. The molecule has 0 unspecified atom stereocenters. The van der Waals surface area contributed by atoms with Crippen LogP contribution in [0.25, 0.3) is 11.0 Å². The normalized spacial score (nSPS) is 10.7. The number of amides is 1. The van der Waals surface area contributed by atoms with Gasteiger partial charge in [0, 0.05) is 19.0 Å². The van der Waals surface area contributed by atoms with Gasteiger partial charge in [0.15, 0.2) is 0 Å². The van der Waals surface area contributed by atoms with Crippen molar-refractivity contribution >= 4 is 16.9 Å². The molecule has 1 aromatic carbocycles. The van der Waals surface area contributed by atoms with Crippen molar-refractivity contribution < 1.29 is 9.21 Å². The molecular formula is C15H13N3O3. The van der Waals surface area contributed by atoms with Crippen LogP contribution in [-0.2, 0) is 6.42 Å². The number of hydrogen-bond acceptors (Lipinski definition) is 4. The summed E-state index contributed by atoms with van der Waals surface area (Å²) >= 11 is 0. The van der Waals surface area contributed by atoms with Crippen molar-refractivity contribution in [2.75, 3.05) is 6.54 Å². The van der Waals surface area contributed by atoms with Crippen LogP contribution in [0.1, 0.15) is 16.2 Å². The summed E-state index contributed by atoms with van der Waals surface area (Å²) in [5.74, 6) is 0.533. The third-order valence-corrected chi connectivity index (χ3v) is 3.05. The van der Waals surface area contributed by atoms with Gasteiger partial charge in [0.25, 0.3) is 5.91 Å². The Morgan fingerprint density at radius 3 is 2.86 bits per heavy atom. The number of H-pyrrole nitrogens is 1. The van der Waals surface area contributed by atoms with E-state index in [0.717, 1.165) is 23.1 Å². The number of para-hydroxylation sites is 2. The number of aromatic amines is 1. The van der Waals surface area contributed by atoms with Crippen molar-refractivity contribution in [1.82, 2.24) is 15.3 Å². The van der Waals surface area contributed by atoms with Crippen LogP contribution in [0.3, 0.4) is 0 Å². The van der Waals surface area contributed by atoms with Gasteiger partial charge in [-0.25, -0.2) is 9.78 Å². The van der Waals surface area contributed by atoms with E-state index in [1.165, 1.54) is 12.1 Å². The molecule has 21 heavy (non-hydrogen) atoms. The van der Waals surface area contributed by atoms with Crippen LogP contribution in [0.4, 0.5) is 0 Å². The summed E-state index contributed by atoms with van der Waals surface area (Å²) < 4.78 is 4.65. The van der Waals surface area contributed by atoms with Gasteiger partial charge in [0.2, 0.25) is 0 Å². The molecule has 0 bridgehead atoms. The van der Waals surface area contributed by atoms with Crippen LogP contribution in [-0.4, -0.2) is 22.4 Å². The average Bonchev–Trinajstić information content (AvgIpc) is 2.90. The number of benzene rings is 1. The second kappa shape index (κ2) is 5.62. The number of hydrogen-bond donors (Lipinski definition) is 2. The standard InChI is InChI=1S/C15H13N3O3/c19-14-6-5-10(9-21-14)15(20)16-8-7-13-17-11-3-1-2-4-12(11)18-13/h1-6,9H,7-8H2,(H,16,20)(H,17,18). The average molecular weight is 283 g/mol. The molecule has 0 fully saturated rings. The molecule has 0 aliphatic carbocycles. The van der Waals surface area contributed by atoms with Gasteiger partial charge < -0.3 is 14.7 Å². The van der Waals surface area contributed by atoms with Crippen LogP contribution in [0, 0.1) is 0 Å². The van der Waals surface area contributed by atoms with Gasteiger partial charge in [0.1, 0.15) is 12.1 Å². The van der Waals surface area contributed by atoms with E-state index in [0.29, 0.717) is 18.5 Å². The number of carbonyl (C=O) groups excluding carboxylic acids is 1. The first-order chi connectivity index (χ1) is 10.2. The highest BCUT2D eigenvalue weighted by Crippen LogP contribution is 2.10. The highest BCUT2D eigenvalue weighted by atomic mass is 16.4. The molecule has 0 saturated carbocycles. The largest absolute Gasteiger partial charge is 0.430 e. The van der Waals surface area contributed by atoms with Crippen LogP contribution >= 0.6 is 0 Å². The molecule has 2 N–H and O–H groups in total. The number of nitrogens with zero attached hydrogens (tertiary/aromatic N) is 1. The molecule has 3 rings (SSSR count). The fourth-order valence-electron chi connectivity index (χ4n) is 2.01. The van der Waals surface area contributed by atoms with E-state index in [1.54, 1.807) is 0 Å². The second-order valence-corrected chi connectivity index (χ2v) is 4.55. The quantitative estimate of drug-likeness (QED) is 0.759. The van der Waals surface area contributed by atoms with Gasteiger partial charge in [-0.1, -0.05) is 12.1 Å². The van der Waals surface area contributed by atoms with E-state index < -0.39 is 5.63 Å². The van der Waals surface area contributed by atoms with Gasteiger partial charge >= 0.3 is 5.63 Å². The molecule has 0 radical (unpaired) electrons. The summed E-state index contributed by atoms with van der Waals surface area (Å²) in [6.45, 7) is 0.442. The maximum Gasteiger partial charge on any atom is 0.335 e. The van der Waals surface area contributed by atoms with Crippen LogP contribution in [0.5, 0.6) is 0 Å². The Balaban J connectivity index is 1.59. The number of rotatable bonds is 4. The summed E-state index contributed by atoms with van der Waals surface area (Å²) in [4.78, 5) is 30.3. The topological polar surface area (TPSA) is 88.0 Å². The van der Waals surface area contributed by atoms with E-state index in [9.17, 15) is 9.59 Å². The van der Waals surface area contributed by atoms with Gasteiger partial charge in [-0.05, 0) is 18.2 Å². The number of carbonyl (C=O) groups is 1. The fourth-order valence-corrected chi connectivity index (χ4v) is 2.01. The van der Waals surface area contributed by atoms with Crippen LogP contribution in [0.2, 0.25) is 0 Å². The molecule has 2 heterocycles. The van der Waals surface area contributed by atoms with E-state index in [-0.39, 0.29) is 5.91 Å². The Bertz CT molecular complexity index is 782. The first-order valence-electron chi connectivity index (χ1n) is 6.53. The zero-order valence-electron chi connectivity index (χ0n) is 11.1. The lowest BCUT2D eigenvalue weighted by molar-refractivity contribution is 0.0951. The third kappa shape index (κ3) is 3.00. The van der Waals surface area contributed by atoms with Crippen molar-refractivity contribution in [2.24, 2.45) is 0 Å². The Morgan fingerprint density at radius 2 is 2.10 bits per heavy atom. The summed E-state index contributed by atoms with van der Waals surface area (Å²) in [5.41, 5.74) is 1.72. The van der Waals surface area contributed by atoms with E-state index in [1.807, 2.05) is 24.3 Å². The minimum Gasteiger partial charge on any atom is -0.430 e. The SMILES string of the molecule is O=C(NCCc1nc2ccccc2[nH]1)c1ccc(=O)oc1. The molecule has 1 amide bonds. The minimum absolute atomic E-state index is 0.283. The third-order valence-electron chi connectivity index (χ3n) is 3.05. The number of aromatic nitrogens is 2. The Hall–Kier alpha value is -2.89. The summed E-state index contributed by atoms with van der Waals surface area (Å²) in [6.07, 6.45) is 1.75. The van der Waals surface area contributed by atoms with E-state index >= 15 is 0 Å². The smallest absolute Gasteiger partial charge is 0.335 e. The Morgan fingerprint density at radius 1 is 1.24 bits per heavy atom. The molecule has 6 nitrogen and oxygen atoms in total. The molecular weight excluding hydrogens is 270 g/mol. The van der Waals surface area contributed by atoms with Gasteiger partial charge in [-0.3, -0.25) is 4.79 Å². The van der Waals surface area contributed by atoms with Crippen molar-refractivity contribution in [3.63, 3.8) is 0 Å². The highest BCUT2D eigenvalue weighted by Gasteiger charge is 2.07. The van der Waals surface area contributed by atoms with Gasteiger partial charge in [-0.15, -0.1) is 0 Å². The van der Waals surface area contributed by atoms with Crippen LogP contribution in [0.15, 0.2) is 51.9 Å². The number of imidazole rings is 1. The van der Waals surface area contributed by atoms with Crippen molar-refractivity contribution in [3.8, 4) is 0 Å². The van der Waals surface area contributed by atoms with E-state index in [2.05, 4.69) is 19.7 Å². The molecule has 0 atom stereocenters. The lowest BCUT2D eigenvalue weighted by Gasteiger charge is -2.02. The van der Waals surface area contributed by atoms with Gasteiger partial charge in [0.05, 0.1) is 16.6 Å². The maximum atomic E-state index is 11.8. The highest BCUT2D eigenvalue weighted by molar-refractivity contribution is 5.93. The first-order valence-corrected chi connectivity index (χ1v) is 6.53. The molecule has 6 heteroatoms. The predicted molar refractivity (Wildman–Crippen MR) is 77.1 cm³/mol. The molecule has 2 aromatic heterocycles. The van der Waals surface area contributed by atoms with Crippen molar-refractivity contribution in [3.05, 3.63) is 64.5 Å². The van der Waals surface area contributed by atoms with Crippen molar-refractivity contribution in [2.45, 2.75) is 6.42 Å². The zero-order valence-corrected chi connectivity index (χ0v) is 11.1.